The Labute approximate surface area is 156 Å². The van der Waals surface area contributed by atoms with Crippen molar-refractivity contribution in [3.05, 3.63) is 46.2 Å². The molecule has 0 unspecified atom stereocenters. The molecule has 2 aromatic rings. The van der Waals surface area contributed by atoms with E-state index in [9.17, 15) is 9.18 Å². The second kappa shape index (κ2) is 9.12. The topological polar surface area (TPSA) is 45.7 Å². The number of carbonyl (C=O) groups is 1. The van der Waals surface area contributed by atoms with Gasteiger partial charge >= 0.3 is 0 Å². The lowest BCUT2D eigenvalue weighted by atomic mass is 10.3. The van der Waals surface area contributed by atoms with Crippen LogP contribution in [0.3, 0.4) is 0 Å². The van der Waals surface area contributed by atoms with Crippen molar-refractivity contribution in [2.45, 2.75) is 13.5 Å². The zero-order valence-electron chi connectivity index (χ0n) is 14.0. The SMILES string of the molecule is Cc1csc(CN2CCN(C(=O)COc3ccc(F)cc3)CC2)n1.Cl. The molecule has 1 amide bonds. The van der Waals surface area contributed by atoms with Crippen LogP contribution in [0, 0.1) is 12.7 Å². The number of ether oxygens (including phenoxy) is 1. The largest absolute Gasteiger partial charge is 0.484 e. The van der Waals surface area contributed by atoms with Gasteiger partial charge in [-0.25, -0.2) is 9.37 Å². The van der Waals surface area contributed by atoms with Crippen molar-refractivity contribution in [3.8, 4) is 5.75 Å². The summed E-state index contributed by atoms with van der Waals surface area (Å²) in [5, 5.41) is 3.17. The quantitative estimate of drug-likeness (QED) is 0.794. The molecule has 1 aliphatic heterocycles. The number of hydrogen-bond acceptors (Lipinski definition) is 5. The van der Waals surface area contributed by atoms with E-state index in [1.807, 2.05) is 11.8 Å². The van der Waals surface area contributed by atoms with Crippen molar-refractivity contribution in [3.63, 3.8) is 0 Å². The van der Waals surface area contributed by atoms with Crippen LogP contribution in [0.25, 0.3) is 0 Å². The van der Waals surface area contributed by atoms with Gasteiger partial charge in [-0.1, -0.05) is 0 Å². The molecule has 5 nitrogen and oxygen atoms in total. The molecule has 1 aromatic heterocycles. The summed E-state index contributed by atoms with van der Waals surface area (Å²) >= 11 is 1.68. The highest BCUT2D eigenvalue weighted by molar-refractivity contribution is 7.09. The first-order valence-electron chi connectivity index (χ1n) is 7.89. The van der Waals surface area contributed by atoms with Crippen LogP contribution in [-0.2, 0) is 11.3 Å². The Morgan fingerprint density at radius 2 is 1.92 bits per heavy atom. The van der Waals surface area contributed by atoms with Crippen molar-refractivity contribution in [1.29, 1.82) is 0 Å². The maximum Gasteiger partial charge on any atom is 0.260 e. The number of carbonyl (C=O) groups excluding carboxylic acids is 1. The minimum absolute atomic E-state index is 0. The molecule has 0 radical (unpaired) electrons. The number of aromatic nitrogens is 1. The maximum atomic E-state index is 12.8. The summed E-state index contributed by atoms with van der Waals surface area (Å²) in [5.41, 5.74) is 1.06. The molecule has 136 valence electrons. The van der Waals surface area contributed by atoms with Gasteiger partial charge in [0, 0.05) is 37.3 Å². The van der Waals surface area contributed by atoms with E-state index in [1.54, 1.807) is 11.3 Å². The molecule has 0 aliphatic carbocycles. The lowest BCUT2D eigenvalue weighted by Gasteiger charge is -2.34. The average molecular weight is 386 g/mol. The number of nitrogens with zero attached hydrogens (tertiary/aromatic N) is 3. The number of amides is 1. The molecule has 1 saturated heterocycles. The summed E-state index contributed by atoms with van der Waals surface area (Å²) < 4.78 is 18.3. The van der Waals surface area contributed by atoms with E-state index in [0.29, 0.717) is 18.8 Å². The van der Waals surface area contributed by atoms with Gasteiger partial charge in [0.05, 0.1) is 6.54 Å². The molecule has 0 spiro atoms. The first-order valence-corrected chi connectivity index (χ1v) is 8.77. The smallest absolute Gasteiger partial charge is 0.260 e. The average Bonchev–Trinajstić information content (AvgIpc) is 2.99. The van der Waals surface area contributed by atoms with Crippen LogP contribution in [0.15, 0.2) is 29.6 Å². The minimum Gasteiger partial charge on any atom is -0.484 e. The monoisotopic (exact) mass is 385 g/mol. The standard InChI is InChI=1S/C17H20FN3O2S.ClH/c1-13-12-24-16(19-13)10-20-6-8-21(9-7-20)17(22)11-23-15-4-2-14(18)3-5-15;/h2-5,12H,6-11H2,1H3;1H. The van der Waals surface area contributed by atoms with Gasteiger partial charge < -0.3 is 9.64 Å². The van der Waals surface area contributed by atoms with Gasteiger partial charge in [-0.2, -0.15) is 0 Å². The van der Waals surface area contributed by atoms with E-state index in [4.69, 9.17) is 4.74 Å². The van der Waals surface area contributed by atoms with E-state index in [2.05, 4.69) is 15.3 Å². The molecular weight excluding hydrogens is 365 g/mol. The fourth-order valence-corrected chi connectivity index (χ4v) is 3.40. The van der Waals surface area contributed by atoms with Crippen LogP contribution in [-0.4, -0.2) is 53.5 Å². The van der Waals surface area contributed by atoms with Gasteiger partial charge in [-0.05, 0) is 31.2 Å². The number of rotatable bonds is 5. The molecule has 0 saturated carbocycles. The highest BCUT2D eigenvalue weighted by atomic mass is 35.5. The molecule has 1 aromatic carbocycles. The van der Waals surface area contributed by atoms with E-state index >= 15 is 0 Å². The fraction of sp³-hybridized carbons (Fsp3) is 0.412. The number of halogens is 2. The Bertz CT molecular complexity index is 687. The van der Waals surface area contributed by atoms with Crippen molar-refractivity contribution in [2.75, 3.05) is 32.8 Å². The number of piperazine rings is 1. The van der Waals surface area contributed by atoms with Gasteiger partial charge in [-0.15, -0.1) is 23.7 Å². The summed E-state index contributed by atoms with van der Waals surface area (Å²) in [7, 11) is 0. The second-order valence-corrected chi connectivity index (χ2v) is 6.72. The van der Waals surface area contributed by atoms with Crippen LogP contribution >= 0.6 is 23.7 Å². The van der Waals surface area contributed by atoms with Gasteiger partial charge in [0.2, 0.25) is 0 Å². The van der Waals surface area contributed by atoms with E-state index < -0.39 is 0 Å². The van der Waals surface area contributed by atoms with Crippen LogP contribution < -0.4 is 4.74 Å². The minimum atomic E-state index is -0.319. The third kappa shape index (κ3) is 5.66. The highest BCUT2D eigenvalue weighted by Crippen LogP contribution is 2.14. The normalized spacial score (nSPS) is 14.9. The second-order valence-electron chi connectivity index (χ2n) is 5.78. The van der Waals surface area contributed by atoms with Crippen LogP contribution in [0.2, 0.25) is 0 Å². The molecule has 1 fully saturated rings. The van der Waals surface area contributed by atoms with Crippen LogP contribution in [0.4, 0.5) is 4.39 Å². The van der Waals surface area contributed by atoms with E-state index in [0.717, 1.165) is 30.3 Å². The Morgan fingerprint density at radius 3 is 2.52 bits per heavy atom. The van der Waals surface area contributed by atoms with Gasteiger partial charge in [0.25, 0.3) is 5.91 Å². The molecule has 3 rings (SSSR count). The summed E-state index contributed by atoms with van der Waals surface area (Å²) in [4.78, 5) is 20.8. The summed E-state index contributed by atoms with van der Waals surface area (Å²) in [6, 6.07) is 5.69. The predicted octanol–water partition coefficient (Wildman–Crippen LogP) is 2.74. The van der Waals surface area contributed by atoms with E-state index in [1.165, 1.54) is 24.3 Å². The third-order valence-corrected chi connectivity index (χ3v) is 4.88. The Kier molecular flexibility index (Phi) is 7.16. The van der Waals surface area contributed by atoms with Gasteiger partial charge in [0.15, 0.2) is 6.61 Å². The predicted molar refractivity (Wildman–Crippen MR) is 97.9 cm³/mol. The number of hydrogen-bond donors (Lipinski definition) is 0. The highest BCUT2D eigenvalue weighted by Gasteiger charge is 2.22. The van der Waals surface area contributed by atoms with Gasteiger partial charge in [-0.3, -0.25) is 9.69 Å². The summed E-state index contributed by atoms with van der Waals surface area (Å²) in [6.45, 7) is 5.87. The molecular formula is C17H21ClFN3O2S. The van der Waals surface area contributed by atoms with Crippen molar-refractivity contribution in [2.24, 2.45) is 0 Å². The Hall–Kier alpha value is -1.70. The zero-order chi connectivity index (χ0) is 16.9. The Morgan fingerprint density at radius 1 is 1.24 bits per heavy atom. The molecule has 25 heavy (non-hydrogen) atoms. The lowest BCUT2D eigenvalue weighted by molar-refractivity contribution is -0.135. The number of aryl methyl sites for hydroxylation is 1. The first-order chi connectivity index (χ1) is 11.6. The Balaban J connectivity index is 0.00000225. The number of thiazole rings is 1. The molecule has 0 atom stereocenters. The van der Waals surface area contributed by atoms with Gasteiger partial charge in [0.1, 0.15) is 16.6 Å². The number of benzene rings is 1. The summed E-state index contributed by atoms with van der Waals surface area (Å²) in [5.74, 6) is 0.145. The summed E-state index contributed by atoms with van der Waals surface area (Å²) in [6.07, 6.45) is 0. The fourth-order valence-electron chi connectivity index (χ4n) is 2.59. The van der Waals surface area contributed by atoms with Crippen molar-refractivity contribution < 1.29 is 13.9 Å². The molecule has 0 bridgehead atoms. The maximum absolute atomic E-state index is 12.8. The molecule has 1 aliphatic rings. The molecule has 8 heteroatoms. The molecule has 0 N–H and O–H groups in total. The van der Waals surface area contributed by atoms with Crippen LogP contribution in [0.5, 0.6) is 5.75 Å². The van der Waals surface area contributed by atoms with Crippen molar-refractivity contribution in [1.82, 2.24) is 14.8 Å². The van der Waals surface area contributed by atoms with Crippen LogP contribution in [0.1, 0.15) is 10.7 Å². The van der Waals surface area contributed by atoms with E-state index in [-0.39, 0.29) is 30.7 Å². The third-order valence-electron chi connectivity index (χ3n) is 3.93. The lowest BCUT2D eigenvalue weighted by Crippen LogP contribution is -2.49. The molecule has 2 heterocycles. The zero-order valence-corrected chi connectivity index (χ0v) is 15.6. The first kappa shape index (κ1) is 19.6. The van der Waals surface area contributed by atoms with Crippen molar-refractivity contribution >= 4 is 29.7 Å².